The van der Waals surface area contributed by atoms with Crippen LogP contribution in [0.2, 0.25) is 0 Å². The Morgan fingerprint density at radius 3 is 2.32 bits per heavy atom. The smallest absolute Gasteiger partial charge is 0.337 e. The number of sulfonamides is 1. The number of nitrogens with one attached hydrogen (secondary N) is 1. The molecule has 6 nitrogen and oxygen atoms in total. The van der Waals surface area contributed by atoms with E-state index in [9.17, 15) is 18.3 Å². The predicted octanol–water partition coefficient (Wildman–Crippen LogP) is 1.60. The van der Waals surface area contributed by atoms with E-state index < -0.39 is 16.0 Å². The van der Waals surface area contributed by atoms with Crippen LogP contribution >= 0.6 is 0 Å². The lowest BCUT2D eigenvalue weighted by molar-refractivity contribution is 0.0600. The first-order chi connectivity index (χ1) is 12.0. The van der Waals surface area contributed by atoms with Crippen LogP contribution in [0.3, 0.4) is 0 Å². The van der Waals surface area contributed by atoms with Gasteiger partial charge in [0.05, 0.1) is 17.6 Å². The summed E-state index contributed by atoms with van der Waals surface area (Å²) in [5, 5.41) is 9.49. The van der Waals surface area contributed by atoms with Gasteiger partial charge in [-0.3, -0.25) is 0 Å². The summed E-state index contributed by atoms with van der Waals surface area (Å²) < 4.78 is 31.8. The number of hydrogen-bond donors (Lipinski definition) is 2. The fourth-order valence-electron chi connectivity index (χ4n) is 2.35. The lowest BCUT2D eigenvalue weighted by Gasteiger charge is -2.15. The Hall–Kier alpha value is -2.22. The molecule has 0 fully saturated rings. The maximum absolute atomic E-state index is 12.3. The van der Waals surface area contributed by atoms with Crippen molar-refractivity contribution in [1.29, 1.82) is 0 Å². The molecule has 1 atom stereocenters. The van der Waals surface area contributed by atoms with E-state index >= 15 is 0 Å². The minimum Gasteiger partial charge on any atom is -0.465 e. The van der Waals surface area contributed by atoms with Crippen LogP contribution < -0.4 is 4.72 Å². The van der Waals surface area contributed by atoms with Crippen LogP contribution in [0.5, 0.6) is 0 Å². The molecule has 0 saturated carbocycles. The minimum atomic E-state index is -3.72. The van der Waals surface area contributed by atoms with Crippen molar-refractivity contribution in [3.8, 4) is 0 Å². The average Bonchev–Trinajstić information content (AvgIpc) is 2.65. The molecule has 0 saturated heterocycles. The average molecular weight is 363 g/mol. The highest BCUT2D eigenvalue weighted by atomic mass is 32.2. The molecule has 0 amide bonds. The van der Waals surface area contributed by atoms with Crippen LogP contribution in [0.25, 0.3) is 0 Å². The zero-order chi connectivity index (χ0) is 18.3. The number of ether oxygens (including phenoxy) is 1. The summed E-state index contributed by atoms with van der Waals surface area (Å²) in [7, 11) is -2.46. The maximum Gasteiger partial charge on any atom is 0.337 e. The predicted molar refractivity (Wildman–Crippen MR) is 93.7 cm³/mol. The molecular formula is C18H21NO5S. The summed E-state index contributed by atoms with van der Waals surface area (Å²) in [4.78, 5) is 11.4. The molecule has 2 N–H and O–H groups in total. The number of rotatable bonds is 8. The Kier molecular flexibility index (Phi) is 6.69. The summed E-state index contributed by atoms with van der Waals surface area (Å²) >= 11 is 0. The molecule has 0 aliphatic rings. The molecule has 0 aromatic heterocycles. The van der Waals surface area contributed by atoms with Gasteiger partial charge in [0.15, 0.2) is 0 Å². The molecule has 0 unspecified atom stereocenters. The van der Waals surface area contributed by atoms with Gasteiger partial charge in [-0.05, 0) is 42.2 Å². The topological polar surface area (TPSA) is 92.7 Å². The molecule has 2 aromatic carbocycles. The van der Waals surface area contributed by atoms with Gasteiger partial charge in [-0.1, -0.05) is 30.3 Å². The van der Waals surface area contributed by atoms with Crippen molar-refractivity contribution in [1.82, 2.24) is 4.72 Å². The molecule has 0 heterocycles. The number of aliphatic hydroxyl groups is 1. The van der Waals surface area contributed by atoms with E-state index in [0.717, 1.165) is 5.56 Å². The summed E-state index contributed by atoms with van der Waals surface area (Å²) in [6.07, 6.45) is 0.571. The minimum absolute atomic E-state index is 0.0524. The Balaban J connectivity index is 2.01. The number of carbonyl (C=O) groups excluding carboxylic acids is 1. The second-order valence-electron chi connectivity index (χ2n) is 5.61. The zero-order valence-electron chi connectivity index (χ0n) is 13.9. The Morgan fingerprint density at radius 2 is 1.76 bits per heavy atom. The number of benzene rings is 2. The third-order valence-electron chi connectivity index (χ3n) is 3.77. The monoisotopic (exact) mass is 363 g/mol. The van der Waals surface area contributed by atoms with Crippen LogP contribution in [-0.4, -0.2) is 39.8 Å². The van der Waals surface area contributed by atoms with Gasteiger partial charge in [-0.2, -0.15) is 0 Å². The van der Waals surface area contributed by atoms with E-state index in [1.807, 2.05) is 30.3 Å². The molecular weight excluding hydrogens is 342 g/mol. The standard InChI is InChI=1S/C18H21NO5S/c1-24-18(21)16-7-9-17(10-8-16)25(22,23)19-12-15(13-20)11-14-5-3-2-4-6-14/h2-10,15,19-20H,11-13H2,1H3/t15-/m1/s1. The van der Waals surface area contributed by atoms with Gasteiger partial charge in [0, 0.05) is 13.2 Å². The van der Waals surface area contributed by atoms with Gasteiger partial charge in [-0.25, -0.2) is 17.9 Å². The molecule has 0 bridgehead atoms. The lowest BCUT2D eigenvalue weighted by Crippen LogP contribution is -2.32. The van der Waals surface area contributed by atoms with Crippen LogP contribution in [0.15, 0.2) is 59.5 Å². The Morgan fingerprint density at radius 1 is 1.12 bits per heavy atom. The molecule has 25 heavy (non-hydrogen) atoms. The maximum atomic E-state index is 12.3. The molecule has 0 aliphatic carbocycles. The Bertz CT molecular complexity index is 788. The highest BCUT2D eigenvalue weighted by molar-refractivity contribution is 7.89. The van der Waals surface area contributed by atoms with Crippen molar-refractivity contribution >= 4 is 16.0 Å². The number of aliphatic hydroxyl groups excluding tert-OH is 1. The van der Waals surface area contributed by atoms with Crippen LogP contribution in [0.4, 0.5) is 0 Å². The van der Waals surface area contributed by atoms with E-state index in [1.165, 1.54) is 31.4 Å². The summed E-state index contributed by atoms with van der Waals surface area (Å²) in [5.74, 6) is -0.758. The highest BCUT2D eigenvalue weighted by Crippen LogP contribution is 2.13. The van der Waals surface area contributed by atoms with Crippen LogP contribution in [0, 0.1) is 5.92 Å². The number of carbonyl (C=O) groups is 1. The fraction of sp³-hybridized carbons (Fsp3) is 0.278. The second-order valence-corrected chi connectivity index (χ2v) is 7.37. The van der Waals surface area contributed by atoms with Crippen molar-refractivity contribution in [2.75, 3.05) is 20.3 Å². The van der Waals surface area contributed by atoms with Crippen molar-refractivity contribution < 1.29 is 23.1 Å². The zero-order valence-corrected chi connectivity index (χ0v) is 14.7. The van der Waals surface area contributed by atoms with Gasteiger partial charge in [-0.15, -0.1) is 0 Å². The molecule has 0 spiro atoms. The van der Waals surface area contributed by atoms with E-state index in [1.54, 1.807) is 0 Å². The van der Waals surface area contributed by atoms with Gasteiger partial charge < -0.3 is 9.84 Å². The van der Waals surface area contributed by atoms with Crippen LogP contribution in [-0.2, 0) is 21.2 Å². The second kappa shape index (κ2) is 8.75. The number of methoxy groups -OCH3 is 1. The highest BCUT2D eigenvalue weighted by Gasteiger charge is 2.18. The van der Waals surface area contributed by atoms with Crippen molar-refractivity contribution in [3.05, 3.63) is 65.7 Å². The summed E-state index contributed by atoms with van der Waals surface area (Å²) in [5.41, 5.74) is 1.31. The van der Waals surface area contributed by atoms with E-state index in [2.05, 4.69) is 9.46 Å². The van der Waals surface area contributed by atoms with Gasteiger partial charge in [0.1, 0.15) is 0 Å². The first-order valence-electron chi connectivity index (χ1n) is 7.79. The van der Waals surface area contributed by atoms with Crippen molar-refractivity contribution in [3.63, 3.8) is 0 Å². The molecule has 0 radical (unpaired) electrons. The quantitative estimate of drug-likeness (QED) is 0.695. The van der Waals surface area contributed by atoms with Crippen LogP contribution in [0.1, 0.15) is 15.9 Å². The van der Waals surface area contributed by atoms with E-state index in [0.29, 0.717) is 6.42 Å². The summed E-state index contributed by atoms with van der Waals surface area (Å²) in [6.45, 7) is -0.00876. The largest absolute Gasteiger partial charge is 0.465 e. The molecule has 2 aromatic rings. The number of hydrogen-bond acceptors (Lipinski definition) is 5. The first-order valence-corrected chi connectivity index (χ1v) is 9.27. The SMILES string of the molecule is COC(=O)c1ccc(S(=O)(=O)NC[C@H](CO)Cc2ccccc2)cc1. The fourth-order valence-corrected chi connectivity index (χ4v) is 3.46. The van der Waals surface area contributed by atoms with E-state index in [4.69, 9.17) is 0 Å². The lowest BCUT2D eigenvalue weighted by atomic mass is 10.0. The molecule has 2 rings (SSSR count). The van der Waals surface area contributed by atoms with Gasteiger partial charge in [0.25, 0.3) is 0 Å². The van der Waals surface area contributed by atoms with Crippen molar-refractivity contribution in [2.24, 2.45) is 5.92 Å². The molecule has 7 heteroatoms. The number of esters is 1. The third kappa shape index (κ3) is 5.38. The normalized spacial score (nSPS) is 12.6. The third-order valence-corrected chi connectivity index (χ3v) is 5.21. The molecule has 0 aliphatic heterocycles. The summed E-state index contributed by atoms with van der Waals surface area (Å²) in [6, 6.07) is 15.1. The van der Waals surface area contributed by atoms with E-state index in [-0.39, 0.29) is 29.5 Å². The Labute approximate surface area is 147 Å². The van der Waals surface area contributed by atoms with Gasteiger partial charge >= 0.3 is 5.97 Å². The van der Waals surface area contributed by atoms with Gasteiger partial charge in [0.2, 0.25) is 10.0 Å². The van der Waals surface area contributed by atoms with Crippen molar-refractivity contribution in [2.45, 2.75) is 11.3 Å². The first kappa shape index (κ1) is 19.1. The molecule has 134 valence electrons.